The summed E-state index contributed by atoms with van der Waals surface area (Å²) in [7, 11) is 0. The Hall–Kier alpha value is -7.80. The fourth-order valence-electron chi connectivity index (χ4n) is 12.3. The van der Waals surface area contributed by atoms with Crippen LogP contribution in [0.5, 0.6) is 0 Å². The zero-order valence-electron chi connectivity index (χ0n) is 37.6. The summed E-state index contributed by atoms with van der Waals surface area (Å²) < 4.78 is 0. The maximum atomic E-state index is 2.49. The smallest absolute Gasteiger partial charge is 0.0159 e. The topological polar surface area (TPSA) is 0 Å². The molecule has 0 saturated heterocycles. The van der Waals surface area contributed by atoms with Crippen LogP contribution in [-0.4, -0.2) is 0 Å². The molecule has 0 saturated carbocycles. The second-order valence-corrected chi connectivity index (χ2v) is 20.0. The highest BCUT2D eigenvalue weighted by atomic mass is 14.4. The summed E-state index contributed by atoms with van der Waals surface area (Å²) in [5.74, 6) is 0. The van der Waals surface area contributed by atoms with Crippen molar-refractivity contribution in [1.29, 1.82) is 0 Å². The van der Waals surface area contributed by atoms with Crippen molar-refractivity contribution in [1.82, 2.24) is 0 Å². The molecule has 66 heavy (non-hydrogen) atoms. The van der Waals surface area contributed by atoms with Gasteiger partial charge in [0.1, 0.15) is 0 Å². The standard InChI is InChI=1S/C66H46/c1-65(2)61-33-43(29-31-53(61)59-35-55-49-17-9-5-13-45(49)47-15-7-11-19-51(47)57(55)37-63(59)65)41-25-21-39(22-26-41)40-23-27-42(28-24-40)44-30-32-54-60-36-56-50-18-10-6-14-46(50)48-16-8-12-20-52(48)58(56)38-64(60)66(3,4)62(54)34-44/h5-38H,1-4H3. The Balaban J connectivity index is 0.769. The summed E-state index contributed by atoms with van der Waals surface area (Å²) in [5, 5.41) is 15.9. The van der Waals surface area contributed by atoms with Gasteiger partial charge < -0.3 is 0 Å². The maximum Gasteiger partial charge on any atom is 0.0159 e. The van der Waals surface area contributed by atoms with Crippen molar-refractivity contribution in [2.75, 3.05) is 0 Å². The number of benzene rings is 12. The molecule has 0 atom stereocenters. The molecule has 0 aliphatic heterocycles. The van der Waals surface area contributed by atoms with Crippen LogP contribution in [0.4, 0.5) is 0 Å². The van der Waals surface area contributed by atoms with E-state index in [0.717, 1.165) is 0 Å². The van der Waals surface area contributed by atoms with Gasteiger partial charge in [0, 0.05) is 10.8 Å². The zero-order chi connectivity index (χ0) is 44.1. The van der Waals surface area contributed by atoms with Crippen LogP contribution < -0.4 is 0 Å². The third-order valence-corrected chi connectivity index (χ3v) is 15.8. The molecule has 0 radical (unpaired) electrons. The number of rotatable bonds is 3. The Morgan fingerprint density at radius 1 is 0.197 bits per heavy atom. The highest BCUT2D eigenvalue weighted by molar-refractivity contribution is 6.27. The van der Waals surface area contributed by atoms with Crippen LogP contribution >= 0.6 is 0 Å². The average molecular weight is 839 g/mol. The maximum absolute atomic E-state index is 2.49. The van der Waals surface area contributed by atoms with Crippen molar-refractivity contribution in [3.8, 4) is 55.6 Å². The van der Waals surface area contributed by atoms with Crippen LogP contribution in [-0.2, 0) is 10.8 Å². The molecular weight excluding hydrogens is 793 g/mol. The summed E-state index contributed by atoms with van der Waals surface area (Å²) in [6, 6.07) is 78.1. The SMILES string of the molecule is CC1(C)c2cc(-c3ccc(-c4ccc(-c5ccc6c(c5)C(C)(C)c5cc7c8ccccc8c8ccccc8c7cc5-6)cc4)cc3)ccc2-c2cc3c4ccccc4c4ccccc4c3cc21. The largest absolute Gasteiger partial charge is 0.0616 e. The van der Waals surface area contributed by atoms with E-state index in [2.05, 4.69) is 234 Å². The minimum absolute atomic E-state index is 0.124. The van der Waals surface area contributed by atoms with Gasteiger partial charge in [-0.3, -0.25) is 0 Å². The predicted octanol–water partition coefficient (Wildman–Crippen LogP) is 18.2. The molecule has 0 aromatic heterocycles. The second kappa shape index (κ2) is 13.4. The summed E-state index contributed by atoms with van der Waals surface area (Å²) in [6.45, 7) is 9.60. The average Bonchev–Trinajstić information content (AvgIpc) is 3.73. The van der Waals surface area contributed by atoms with E-state index in [0.29, 0.717) is 0 Å². The first-order valence-corrected chi connectivity index (χ1v) is 23.5. The molecular formula is C66H46. The van der Waals surface area contributed by atoms with Crippen molar-refractivity contribution < 1.29 is 0 Å². The number of fused-ring (bicyclic) bond motifs is 18. The monoisotopic (exact) mass is 838 g/mol. The Kier molecular flexibility index (Phi) is 7.61. The molecule has 2 aliphatic rings. The van der Waals surface area contributed by atoms with Gasteiger partial charge >= 0.3 is 0 Å². The predicted molar refractivity (Wildman–Crippen MR) is 283 cm³/mol. The number of hydrogen-bond acceptors (Lipinski definition) is 0. The molecule has 0 bridgehead atoms. The molecule has 0 nitrogen and oxygen atoms in total. The van der Waals surface area contributed by atoms with E-state index in [1.54, 1.807) is 0 Å². The van der Waals surface area contributed by atoms with Gasteiger partial charge in [0.15, 0.2) is 0 Å². The fourth-order valence-corrected chi connectivity index (χ4v) is 12.3. The lowest BCUT2D eigenvalue weighted by molar-refractivity contribution is 0.661. The highest BCUT2D eigenvalue weighted by Gasteiger charge is 2.38. The Bertz CT molecular complexity index is 3800. The molecule has 0 spiro atoms. The Morgan fingerprint density at radius 2 is 0.424 bits per heavy atom. The third kappa shape index (κ3) is 5.16. The van der Waals surface area contributed by atoms with Crippen LogP contribution in [0, 0.1) is 0 Å². The lowest BCUT2D eigenvalue weighted by Crippen LogP contribution is -2.15. The van der Waals surface area contributed by atoms with Crippen LogP contribution in [0.1, 0.15) is 49.9 Å². The van der Waals surface area contributed by atoms with E-state index >= 15 is 0 Å². The lowest BCUT2D eigenvalue weighted by atomic mass is 9.80. The molecule has 0 heterocycles. The van der Waals surface area contributed by atoms with Crippen molar-refractivity contribution >= 4 is 64.6 Å². The molecule has 310 valence electrons. The Labute approximate surface area is 385 Å². The van der Waals surface area contributed by atoms with E-state index in [-0.39, 0.29) is 10.8 Å². The van der Waals surface area contributed by atoms with Crippen LogP contribution in [0.25, 0.3) is 120 Å². The van der Waals surface area contributed by atoms with Gasteiger partial charge in [-0.05, 0) is 179 Å². The first kappa shape index (κ1) is 37.6. The highest BCUT2D eigenvalue weighted by Crippen LogP contribution is 2.54. The lowest BCUT2D eigenvalue weighted by Gasteiger charge is -2.23. The van der Waals surface area contributed by atoms with Crippen molar-refractivity contribution in [2.45, 2.75) is 38.5 Å². The fraction of sp³-hybridized carbons (Fsp3) is 0.0909. The van der Waals surface area contributed by atoms with Crippen molar-refractivity contribution in [3.05, 3.63) is 229 Å². The molecule has 12 aromatic carbocycles. The van der Waals surface area contributed by atoms with Gasteiger partial charge in [0.05, 0.1) is 0 Å². The van der Waals surface area contributed by atoms with Crippen LogP contribution in [0.15, 0.2) is 206 Å². The minimum atomic E-state index is -0.124. The summed E-state index contributed by atoms with van der Waals surface area (Å²) in [5.41, 5.74) is 18.2. The first-order chi connectivity index (χ1) is 32.2. The van der Waals surface area contributed by atoms with Gasteiger partial charge in [-0.2, -0.15) is 0 Å². The van der Waals surface area contributed by atoms with Gasteiger partial charge in [-0.15, -0.1) is 0 Å². The zero-order valence-corrected chi connectivity index (χ0v) is 37.6. The molecule has 12 aromatic rings. The van der Waals surface area contributed by atoms with E-state index in [1.807, 2.05) is 0 Å². The molecule has 0 amide bonds. The molecule has 14 rings (SSSR count). The first-order valence-electron chi connectivity index (χ1n) is 23.5. The van der Waals surface area contributed by atoms with Crippen molar-refractivity contribution in [2.24, 2.45) is 0 Å². The van der Waals surface area contributed by atoms with Gasteiger partial charge in [-0.25, -0.2) is 0 Å². The summed E-state index contributed by atoms with van der Waals surface area (Å²) in [4.78, 5) is 0. The third-order valence-electron chi connectivity index (χ3n) is 15.8. The minimum Gasteiger partial charge on any atom is -0.0616 e. The van der Waals surface area contributed by atoms with Crippen molar-refractivity contribution in [3.63, 3.8) is 0 Å². The van der Waals surface area contributed by atoms with E-state index in [1.165, 1.54) is 143 Å². The molecule has 0 heteroatoms. The summed E-state index contributed by atoms with van der Waals surface area (Å²) >= 11 is 0. The molecule has 0 N–H and O–H groups in total. The number of hydrogen-bond donors (Lipinski definition) is 0. The van der Waals surface area contributed by atoms with E-state index in [9.17, 15) is 0 Å². The van der Waals surface area contributed by atoms with Gasteiger partial charge in [0.25, 0.3) is 0 Å². The second-order valence-electron chi connectivity index (χ2n) is 20.0. The van der Waals surface area contributed by atoms with E-state index in [4.69, 9.17) is 0 Å². The summed E-state index contributed by atoms with van der Waals surface area (Å²) in [6.07, 6.45) is 0. The normalized spacial score (nSPS) is 14.3. The molecule has 2 aliphatic carbocycles. The van der Waals surface area contributed by atoms with E-state index < -0.39 is 0 Å². The quantitative estimate of drug-likeness (QED) is 0.156. The Morgan fingerprint density at radius 3 is 0.727 bits per heavy atom. The van der Waals surface area contributed by atoms with Gasteiger partial charge in [-0.1, -0.05) is 198 Å². The van der Waals surface area contributed by atoms with Crippen LogP contribution in [0.3, 0.4) is 0 Å². The molecule has 0 fully saturated rings. The van der Waals surface area contributed by atoms with Crippen LogP contribution in [0.2, 0.25) is 0 Å². The van der Waals surface area contributed by atoms with Gasteiger partial charge in [0.2, 0.25) is 0 Å². The molecule has 0 unspecified atom stereocenters.